The molecule has 1 aromatic carbocycles. The van der Waals surface area contributed by atoms with E-state index in [0.29, 0.717) is 22.5 Å². The Hall–Kier alpha value is -1.14. The summed E-state index contributed by atoms with van der Waals surface area (Å²) >= 11 is 8.85. The summed E-state index contributed by atoms with van der Waals surface area (Å²) in [4.78, 5) is 14.7. The standard InChI is InChI=1S/C18H25BrN2O2S/c1-12(2)23-16-10-9-13(19)11-15(16)17(22)20-18(24)21(3)14-7-5-4-6-8-14/h9-12,14H,4-8H2,1-3H3,(H,20,22,24). The van der Waals surface area contributed by atoms with Crippen LogP contribution < -0.4 is 10.1 Å². The molecule has 132 valence electrons. The Labute approximate surface area is 158 Å². The van der Waals surface area contributed by atoms with Crippen molar-refractivity contribution < 1.29 is 9.53 Å². The fraction of sp³-hybridized carbons (Fsp3) is 0.556. The average molecular weight is 413 g/mol. The van der Waals surface area contributed by atoms with Gasteiger partial charge in [-0.3, -0.25) is 10.1 Å². The molecular weight excluding hydrogens is 388 g/mol. The minimum atomic E-state index is -0.236. The predicted octanol–water partition coefficient (Wildman–Crippen LogP) is 4.52. The molecule has 0 spiro atoms. The number of nitrogens with zero attached hydrogens (tertiary/aromatic N) is 1. The summed E-state index contributed by atoms with van der Waals surface area (Å²) in [5, 5.41) is 3.33. The molecule has 1 amide bonds. The lowest BCUT2D eigenvalue weighted by Crippen LogP contribution is -2.46. The van der Waals surface area contributed by atoms with E-state index in [9.17, 15) is 4.79 Å². The lowest BCUT2D eigenvalue weighted by atomic mass is 9.95. The first-order chi connectivity index (χ1) is 11.4. The molecule has 1 fully saturated rings. The maximum Gasteiger partial charge on any atom is 0.261 e. The van der Waals surface area contributed by atoms with Gasteiger partial charge in [0.2, 0.25) is 0 Å². The van der Waals surface area contributed by atoms with E-state index < -0.39 is 0 Å². The van der Waals surface area contributed by atoms with Crippen LogP contribution in [-0.4, -0.2) is 35.1 Å². The van der Waals surface area contributed by atoms with Gasteiger partial charge in [0.1, 0.15) is 5.75 Å². The Bertz CT molecular complexity index is 601. The van der Waals surface area contributed by atoms with Gasteiger partial charge in [0.15, 0.2) is 5.11 Å². The number of halogens is 1. The molecule has 0 atom stereocenters. The van der Waals surface area contributed by atoms with Gasteiger partial charge in [0, 0.05) is 17.6 Å². The normalized spacial score (nSPS) is 15.2. The first-order valence-corrected chi connectivity index (χ1v) is 9.63. The van der Waals surface area contributed by atoms with Gasteiger partial charge in [-0.2, -0.15) is 0 Å². The van der Waals surface area contributed by atoms with Crippen LogP contribution in [0.5, 0.6) is 5.75 Å². The molecular formula is C18H25BrN2O2S. The quantitative estimate of drug-likeness (QED) is 0.738. The van der Waals surface area contributed by atoms with Gasteiger partial charge in [-0.25, -0.2) is 0 Å². The van der Waals surface area contributed by atoms with Crippen LogP contribution in [0.3, 0.4) is 0 Å². The predicted molar refractivity (Wildman–Crippen MR) is 105 cm³/mol. The minimum absolute atomic E-state index is 0.00501. The number of amides is 1. The third-order valence-electron chi connectivity index (χ3n) is 4.21. The first-order valence-electron chi connectivity index (χ1n) is 8.43. The smallest absolute Gasteiger partial charge is 0.261 e. The summed E-state index contributed by atoms with van der Waals surface area (Å²) in [6.07, 6.45) is 6.00. The van der Waals surface area contributed by atoms with Crippen molar-refractivity contribution in [2.24, 2.45) is 0 Å². The van der Waals surface area contributed by atoms with E-state index in [1.54, 1.807) is 12.1 Å². The lowest BCUT2D eigenvalue weighted by molar-refractivity contribution is 0.0966. The number of hydrogen-bond acceptors (Lipinski definition) is 3. The highest BCUT2D eigenvalue weighted by molar-refractivity contribution is 9.10. The van der Waals surface area contributed by atoms with E-state index >= 15 is 0 Å². The van der Waals surface area contributed by atoms with Gasteiger partial charge >= 0.3 is 0 Å². The number of benzene rings is 1. The van der Waals surface area contributed by atoms with Crippen LogP contribution in [0.2, 0.25) is 0 Å². The first kappa shape index (κ1) is 19.2. The van der Waals surface area contributed by atoms with Gasteiger partial charge < -0.3 is 9.64 Å². The van der Waals surface area contributed by atoms with E-state index in [1.807, 2.05) is 31.9 Å². The van der Waals surface area contributed by atoms with Crippen LogP contribution in [0.4, 0.5) is 0 Å². The average Bonchev–Trinajstić information content (AvgIpc) is 2.56. The summed E-state index contributed by atoms with van der Waals surface area (Å²) in [5.74, 6) is 0.327. The fourth-order valence-corrected chi connectivity index (χ4v) is 3.53. The second kappa shape index (κ2) is 8.81. The molecule has 0 saturated heterocycles. The van der Waals surface area contributed by atoms with Crippen molar-refractivity contribution in [3.63, 3.8) is 0 Å². The number of carbonyl (C=O) groups excluding carboxylic acids is 1. The second-order valence-electron chi connectivity index (χ2n) is 6.47. The maximum absolute atomic E-state index is 12.7. The highest BCUT2D eigenvalue weighted by atomic mass is 79.9. The number of carbonyl (C=O) groups is 1. The summed E-state index contributed by atoms with van der Waals surface area (Å²) in [6, 6.07) is 5.84. The van der Waals surface area contributed by atoms with Crippen LogP contribution in [0.1, 0.15) is 56.3 Å². The molecule has 0 unspecified atom stereocenters. The third kappa shape index (κ3) is 5.18. The molecule has 0 aromatic heterocycles. The summed E-state index contributed by atoms with van der Waals surface area (Å²) in [7, 11) is 1.96. The zero-order chi connectivity index (χ0) is 17.7. The lowest BCUT2D eigenvalue weighted by Gasteiger charge is -2.33. The number of thiocarbonyl (C=S) groups is 1. The zero-order valence-electron chi connectivity index (χ0n) is 14.5. The highest BCUT2D eigenvalue weighted by Gasteiger charge is 2.22. The Balaban J connectivity index is 2.08. The van der Waals surface area contributed by atoms with Gasteiger partial charge in [-0.05, 0) is 57.1 Å². The van der Waals surface area contributed by atoms with Crippen LogP contribution >= 0.6 is 28.1 Å². The molecule has 1 aliphatic rings. The molecule has 0 heterocycles. The van der Waals surface area contributed by atoms with Crippen LogP contribution in [-0.2, 0) is 0 Å². The van der Waals surface area contributed by atoms with E-state index in [0.717, 1.165) is 17.3 Å². The van der Waals surface area contributed by atoms with Crippen molar-refractivity contribution in [3.05, 3.63) is 28.2 Å². The van der Waals surface area contributed by atoms with Crippen LogP contribution in [0.25, 0.3) is 0 Å². The van der Waals surface area contributed by atoms with Gasteiger partial charge in [0.05, 0.1) is 11.7 Å². The number of rotatable bonds is 4. The molecule has 0 radical (unpaired) electrons. The van der Waals surface area contributed by atoms with Gasteiger partial charge in [-0.15, -0.1) is 0 Å². The fourth-order valence-electron chi connectivity index (χ4n) is 2.92. The van der Waals surface area contributed by atoms with Crippen LogP contribution in [0.15, 0.2) is 22.7 Å². The molecule has 6 heteroatoms. The van der Waals surface area contributed by atoms with Crippen molar-refractivity contribution in [2.45, 2.75) is 58.1 Å². The van der Waals surface area contributed by atoms with E-state index in [1.165, 1.54) is 19.3 Å². The Kier molecular flexibility index (Phi) is 7.04. The molecule has 1 N–H and O–H groups in total. The zero-order valence-corrected chi connectivity index (χ0v) is 16.9. The van der Waals surface area contributed by atoms with E-state index in [-0.39, 0.29) is 12.0 Å². The molecule has 1 aliphatic carbocycles. The van der Waals surface area contributed by atoms with Gasteiger partial charge in [-0.1, -0.05) is 35.2 Å². The molecule has 2 rings (SSSR count). The van der Waals surface area contributed by atoms with E-state index in [4.69, 9.17) is 17.0 Å². The Morgan fingerprint density at radius 3 is 2.62 bits per heavy atom. The largest absolute Gasteiger partial charge is 0.490 e. The minimum Gasteiger partial charge on any atom is -0.490 e. The van der Waals surface area contributed by atoms with Crippen molar-refractivity contribution in [1.29, 1.82) is 0 Å². The molecule has 1 aromatic rings. The maximum atomic E-state index is 12.7. The number of ether oxygens (including phenoxy) is 1. The molecule has 24 heavy (non-hydrogen) atoms. The third-order valence-corrected chi connectivity index (χ3v) is 5.10. The highest BCUT2D eigenvalue weighted by Crippen LogP contribution is 2.25. The van der Waals surface area contributed by atoms with Crippen molar-refractivity contribution in [1.82, 2.24) is 10.2 Å². The number of nitrogens with one attached hydrogen (secondary N) is 1. The van der Waals surface area contributed by atoms with Crippen molar-refractivity contribution in [2.75, 3.05) is 7.05 Å². The summed E-state index contributed by atoms with van der Waals surface area (Å²) in [5.41, 5.74) is 0.484. The molecule has 0 bridgehead atoms. The second-order valence-corrected chi connectivity index (χ2v) is 7.77. The number of hydrogen-bond donors (Lipinski definition) is 1. The molecule has 4 nitrogen and oxygen atoms in total. The Morgan fingerprint density at radius 2 is 2.00 bits per heavy atom. The molecule has 1 saturated carbocycles. The summed E-state index contributed by atoms with van der Waals surface area (Å²) in [6.45, 7) is 3.87. The monoisotopic (exact) mass is 412 g/mol. The van der Waals surface area contributed by atoms with Crippen molar-refractivity contribution in [3.8, 4) is 5.75 Å². The van der Waals surface area contributed by atoms with Crippen molar-refractivity contribution >= 4 is 39.2 Å². The van der Waals surface area contributed by atoms with Crippen LogP contribution in [0, 0.1) is 0 Å². The topological polar surface area (TPSA) is 41.6 Å². The van der Waals surface area contributed by atoms with Gasteiger partial charge in [0.25, 0.3) is 5.91 Å². The SMILES string of the molecule is CC(C)Oc1ccc(Br)cc1C(=O)NC(=S)N(C)C1CCCCC1. The molecule has 0 aliphatic heterocycles. The Morgan fingerprint density at radius 1 is 1.33 bits per heavy atom. The summed E-state index contributed by atoms with van der Waals surface area (Å²) < 4.78 is 6.57. The van der Waals surface area contributed by atoms with E-state index in [2.05, 4.69) is 21.2 Å².